The van der Waals surface area contributed by atoms with Gasteiger partial charge in [-0.1, -0.05) is 19.9 Å². The van der Waals surface area contributed by atoms with Gasteiger partial charge in [-0.3, -0.25) is 9.59 Å². The van der Waals surface area contributed by atoms with Gasteiger partial charge in [0.2, 0.25) is 11.8 Å². The largest absolute Gasteiger partial charge is 0.378 e. The van der Waals surface area contributed by atoms with Crippen molar-refractivity contribution in [2.45, 2.75) is 33.4 Å². The third kappa shape index (κ3) is 4.92. The minimum absolute atomic E-state index is 0.0153. The summed E-state index contributed by atoms with van der Waals surface area (Å²) in [7, 11) is 0. The Bertz CT molecular complexity index is 571. The average molecular weight is 334 g/mol. The number of aromatic nitrogens is 1. The lowest BCUT2D eigenvalue weighted by atomic mass is 10.0. The molecule has 2 heterocycles. The van der Waals surface area contributed by atoms with Crippen LogP contribution in [0.3, 0.4) is 0 Å². The standard InChI is InChI=1S/C17H26N4O3/c1-12(2)15(20-13(3)22)17(23)19-11-14-5-4-6-18-16(14)21-7-9-24-10-8-21/h4-6,12,15H,7-11H2,1-3H3,(H,19,23)(H,20,22)/t15-/m1/s1. The monoisotopic (exact) mass is 334 g/mol. The van der Waals surface area contributed by atoms with E-state index >= 15 is 0 Å². The highest BCUT2D eigenvalue weighted by molar-refractivity contribution is 5.87. The Morgan fingerprint density at radius 2 is 2.04 bits per heavy atom. The van der Waals surface area contributed by atoms with Crippen molar-refractivity contribution in [3.8, 4) is 0 Å². The predicted octanol–water partition coefficient (Wildman–Crippen LogP) is 0.695. The topological polar surface area (TPSA) is 83.6 Å². The first-order chi connectivity index (χ1) is 11.5. The lowest BCUT2D eigenvalue weighted by molar-refractivity contribution is -0.129. The number of rotatable bonds is 6. The summed E-state index contributed by atoms with van der Waals surface area (Å²) in [5, 5.41) is 5.61. The normalized spacial score (nSPS) is 15.9. The summed E-state index contributed by atoms with van der Waals surface area (Å²) in [5.41, 5.74) is 0.957. The van der Waals surface area contributed by atoms with Crippen LogP contribution >= 0.6 is 0 Å². The van der Waals surface area contributed by atoms with Gasteiger partial charge in [-0.25, -0.2) is 4.98 Å². The molecule has 0 bridgehead atoms. The quantitative estimate of drug-likeness (QED) is 0.800. The van der Waals surface area contributed by atoms with E-state index in [1.807, 2.05) is 26.0 Å². The fraction of sp³-hybridized carbons (Fsp3) is 0.588. The minimum Gasteiger partial charge on any atom is -0.378 e. The molecule has 1 aliphatic rings. The fourth-order valence-corrected chi connectivity index (χ4v) is 2.67. The van der Waals surface area contributed by atoms with Gasteiger partial charge in [0.15, 0.2) is 0 Å². The number of pyridine rings is 1. The Hall–Kier alpha value is -2.15. The van der Waals surface area contributed by atoms with Crippen LogP contribution in [0, 0.1) is 5.92 Å². The van der Waals surface area contributed by atoms with Crippen LogP contribution in [0.25, 0.3) is 0 Å². The second kappa shape index (κ2) is 8.63. The maximum absolute atomic E-state index is 12.4. The Morgan fingerprint density at radius 3 is 2.67 bits per heavy atom. The molecule has 24 heavy (non-hydrogen) atoms. The molecule has 0 aromatic carbocycles. The van der Waals surface area contributed by atoms with Crippen LogP contribution < -0.4 is 15.5 Å². The van der Waals surface area contributed by atoms with Crippen molar-refractivity contribution < 1.29 is 14.3 Å². The summed E-state index contributed by atoms with van der Waals surface area (Å²) in [6.07, 6.45) is 1.75. The Kier molecular flexibility index (Phi) is 6.54. The van der Waals surface area contributed by atoms with Crippen LogP contribution in [0.15, 0.2) is 18.3 Å². The summed E-state index contributed by atoms with van der Waals surface area (Å²) in [6.45, 7) is 8.55. The first-order valence-corrected chi connectivity index (χ1v) is 8.30. The van der Waals surface area contributed by atoms with E-state index in [9.17, 15) is 9.59 Å². The first-order valence-electron chi connectivity index (χ1n) is 8.30. The maximum Gasteiger partial charge on any atom is 0.243 e. The van der Waals surface area contributed by atoms with Gasteiger partial charge in [-0.05, 0) is 12.0 Å². The van der Waals surface area contributed by atoms with Crippen LogP contribution in [0.2, 0.25) is 0 Å². The zero-order valence-corrected chi connectivity index (χ0v) is 14.5. The zero-order valence-electron chi connectivity index (χ0n) is 14.5. The van der Waals surface area contributed by atoms with Gasteiger partial charge < -0.3 is 20.3 Å². The summed E-state index contributed by atoms with van der Waals surface area (Å²) in [4.78, 5) is 30.3. The van der Waals surface area contributed by atoms with Crippen molar-refractivity contribution in [3.63, 3.8) is 0 Å². The molecule has 1 aromatic rings. The number of nitrogens with one attached hydrogen (secondary N) is 2. The smallest absolute Gasteiger partial charge is 0.243 e. The third-order valence-electron chi connectivity index (χ3n) is 3.94. The lowest BCUT2D eigenvalue weighted by Gasteiger charge is -2.29. The summed E-state index contributed by atoms with van der Waals surface area (Å²) in [5.74, 6) is 0.499. The molecular weight excluding hydrogens is 308 g/mol. The Balaban J connectivity index is 2.03. The number of anilines is 1. The molecule has 7 nitrogen and oxygen atoms in total. The molecule has 7 heteroatoms. The van der Waals surface area contributed by atoms with Gasteiger partial charge in [0.25, 0.3) is 0 Å². The molecule has 0 radical (unpaired) electrons. The van der Waals surface area contributed by atoms with Crippen molar-refractivity contribution in [2.24, 2.45) is 5.92 Å². The number of amides is 2. The van der Waals surface area contributed by atoms with Gasteiger partial charge in [0.05, 0.1) is 13.2 Å². The molecule has 1 atom stereocenters. The molecule has 0 spiro atoms. The molecule has 0 saturated carbocycles. The van der Waals surface area contributed by atoms with Crippen molar-refractivity contribution in [1.29, 1.82) is 0 Å². The molecule has 1 saturated heterocycles. The van der Waals surface area contributed by atoms with E-state index in [0.717, 1.165) is 24.5 Å². The number of ether oxygens (including phenoxy) is 1. The third-order valence-corrected chi connectivity index (χ3v) is 3.94. The second-order valence-corrected chi connectivity index (χ2v) is 6.23. The van der Waals surface area contributed by atoms with E-state index in [2.05, 4.69) is 20.5 Å². The average Bonchev–Trinajstić information content (AvgIpc) is 2.58. The molecule has 2 rings (SSSR count). The van der Waals surface area contributed by atoms with E-state index in [0.29, 0.717) is 19.8 Å². The molecule has 1 aliphatic heterocycles. The van der Waals surface area contributed by atoms with Crippen molar-refractivity contribution >= 4 is 17.6 Å². The van der Waals surface area contributed by atoms with Crippen LogP contribution in [0.5, 0.6) is 0 Å². The van der Waals surface area contributed by atoms with Crippen LogP contribution in [0.1, 0.15) is 26.3 Å². The van der Waals surface area contributed by atoms with Gasteiger partial charge in [0, 0.05) is 38.3 Å². The molecule has 0 aliphatic carbocycles. The van der Waals surface area contributed by atoms with Crippen molar-refractivity contribution in [3.05, 3.63) is 23.9 Å². The predicted molar refractivity (Wildman–Crippen MR) is 91.6 cm³/mol. The number of hydrogen-bond donors (Lipinski definition) is 2. The fourth-order valence-electron chi connectivity index (χ4n) is 2.67. The van der Waals surface area contributed by atoms with Gasteiger partial charge in [0.1, 0.15) is 11.9 Å². The number of hydrogen-bond acceptors (Lipinski definition) is 5. The molecule has 0 unspecified atom stereocenters. The van der Waals surface area contributed by atoms with Gasteiger partial charge >= 0.3 is 0 Å². The molecule has 132 valence electrons. The maximum atomic E-state index is 12.4. The summed E-state index contributed by atoms with van der Waals surface area (Å²) < 4.78 is 5.37. The van der Waals surface area contributed by atoms with E-state index in [-0.39, 0.29) is 17.7 Å². The Labute approximate surface area is 142 Å². The number of morpholine rings is 1. The minimum atomic E-state index is -0.536. The SMILES string of the molecule is CC(=O)N[C@@H](C(=O)NCc1cccnc1N1CCOCC1)C(C)C. The van der Waals surface area contributed by atoms with E-state index in [1.54, 1.807) is 6.20 Å². The molecule has 2 amide bonds. The molecule has 1 fully saturated rings. The number of nitrogens with zero attached hydrogens (tertiary/aromatic N) is 2. The summed E-state index contributed by atoms with van der Waals surface area (Å²) >= 11 is 0. The number of carbonyl (C=O) groups is 2. The zero-order chi connectivity index (χ0) is 17.5. The van der Waals surface area contributed by atoms with Crippen LogP contribution in [-0.2, 0) is 20.9 Å². The number of carbonyl (C=O) groups excluding carboxylic acids is 2. The van der Waals surface area contributed by atoms with Gasteiger partial charge in [-0.15, -0.1) is 0 Å². The second-order valence-electron chi connectivity index (χ2n) is 6.23. The Morgan fingerprint density at radius 1 is 1.33 bits per heavy atom. The molecular formula is C17H26N4O3. The molecule has 1 aromatic heterocycles. The van der Waals surface area contributed by atoms with Crippen molar-refractivity contribution in [2.75, 3.05) is 31.2 Å². The molecule has 2 N–H and O–H groups in total. The van der Waals surface area contributed by atoms with Gasteiger partial charge in [-0.2, -0.15) is 0 Å². The van der Waals surface area contributed by atoms with Crippen LogP contribution in [0.4, 0.5) is 5.82 Å². The highest BCUT2D eigenvalue weighted by atomic mass is 16.5. The highest BCUT2D eigenvalue weighted by Crippen LogP contribution is 2.18. The van der Waals surface area contributed by atoms with E-state index in [1.165, 1.54) is 6.92 Å². The van der Waals surface area contributed by atoms with Crippen LogP contribution in [-0.4, -0.2) is 49.1 Å². The first kappa shape index (κ1) is 18.2. The van der Waals surface area contributed by atoms with E-state index < -0.39 is 6.04 Å². The summed E-state index contributed by atoms with van der Waals surface area (Å²) in [6, 6.07) is 3.28. The lowest BCUT2D eigenvalue weighted by Crippen LogP contribution is -2.49. The highest BCUT2D eigenvalue weighted by Gasteiger charge is 2.23. The van der Waals surface area contributed by atoms with E-state index in [4.69, 9.17) is 4.74 Å². The van der Waals surface area contributed by atoms with Crippen molar-refractivity contribution in [1.82, 2.24) is 15.6 Å².